The Morgan fingerprint density at radius 2 is 1.85 bits per heavy atom. The molecule has 0 aromatic heterocycles. The van der Waals surface area contributed by atoms with Crippen molar-refractivity contribution >= 4 is 11.6 Å². The molecule has 2 aliphatic heterocycles. The number of nitrogens with one attached hydrogen (secondary N) is 1. The first-order valence-electron chi connectivity index (χ1n) is 7.27. The number of carbonyl (C=O) groups is 1. The van der Waals surface area contributed by atoms with Gasteiger partial charge < -0.3 is 15.1 Å². The highest BCUT2D eigenvalue weighted by Crippen LogP contribution is 2.18. The highest BCUT2D eigenvalue weighted by atomic mass is 19.1. The Bertz CT molecular complexity index is 463. The lowest BCUT2D eigenvalue weighted by Crippen LogP contribution is -2.53. The van der Waals surface area contributed by atoms with Crippen LogP contribution < -0.4 is 10.2 Å². The van der Waals surface area contributed by atoms with E-state index < -0.39 is 0 Å². The van der Waals surface area contributed by atoms with Gasteiger partial charge in [-0.05, 0) is 43.7 Å². The van der Waals surface area contributed by atoms with Gasteiger partial charge in [0.25, 0.3) is 0 Å². The Morgan fingerprint density at radius 3 is 2.45 bits per heavy atom. The van der Waals surface area contributed by atoms with Crippen molar-refractivity contribution in [1.29, 1.82) is 0 Å². The van der Waals surface area contributed by atoms with E-state index in [1.54, 1.807) is 12.1 Å². The fourth-order valence-electron chi connectivity index (χ4n) is 2.95. The Morgan fingerprint density at radius 1 is 1.15 bits per heavy atom. The van der Waals surface area contributed by atoms with Crippen molar-refractivity contribution in [3.05, 3.63) is 30.1 Å². The van der Waals surface area contributed by atoms with Crippen LogP contribution in [0.3, 0.4) is 0 Å². The number of nitrogens with zero attached hydrogens (tertiary/aromatic N) is 2. The molecule has 0 unspecified atom stereocenters. The van der Waals surface area contributed by atoms with E-state index in [0.717, 1.165) is 51.3 Å². The van der Waals surface area contributed by atoms with E-state index in [1.165, 1.54) is 12.1 Å². The summed E-state index contributed by atoms with van der Waals surface area (Å²) in [6.07, 6.45) is 2.04. The van der Waals surface area contributed by atoms with Gasteiger partial charge in [-0.1, -0.05) is 0 Å². The third-order valence-corrected chi connectivity index (χ3v) is 4.14. The molecule has 2 saturated heterocycles. The second kappa shape index (κ2) is 5.79. The lowest BCUT2D eigenvalue weighted by atomic mass is 10.1. The van der Waals surface area contributed by atoms with Crippen LogP contribution in [0.25, 0.3) is 0 Å². The summed E-state index contributed by atoms with van der Waals surface area (Å²) in [4.78, 5) is 16.4. The summed E-state index contributed by atoms with van der Waals surface area (Å²) in [6.45, 7) is 4.06. The molecule has 20 heavy (non-hydrogen) atoms. The van der Waals surface area contributed by atoms with Gasteiger partial charge in [-0.25, -0.2) is 4.39 Å². The smallest absolute Gasteiger partial charge is 0.239 e. The average molecular weight is 277 g/mol. The second-order valence-corrected chi connectivity index (χ2v) is 5.44. The molecule has 1 N–H and O–H groups in total. The zero-order chi connectivity index (χ0) is 13.9. The third kappa shape index (κ3) is 2.77. The SMILES string of the molecule is O=C([C@H]1CCCN1)N1CCN(c2ccc(F)cc2)CC1. The van der Waals surface area contributed by atoms with E-state index >= 15 is 0 Å². The Kier molecular flexibility index (Phi) is 3.87. The molecular formula is C15H20FN3O. The zero-order valence-corrected chi connectivity index (χ0v) is 11.5. The Labute approximate surface area is 118 Å². The fourth-order valence-corrected chi connectivity index (χ4v) is 2.95. The molecule has 1 amide bonds. The standard InChI is InChI=1S/C15H20FN3O/c16-12-3-5-13(6-4-12)18-8-10-19(11-9-18)15(20)14-2-1-7-17-14/h3-6,14,17H,1-2,7-11H2/t14-/m1/s1. The monoisotopic (exact) mass is 277 g/mol. The molecule has 1 aromatic carbocycles. The van der Waals surface area contributed by atoms with Crippen LogP contribution in [0.5, 0.6) is 0 Å². The summed E-state index contributed by atoms with van der Waals surface area (Å²) < 4.78 is 12.9. The molecule has 2 fully saturated rings. The highest BCUT2D eigenvalue weighted by Gasteiger charge is 2.29. The lowest BCUT2D eigenvalue weighted by Gasteiger charge is -2.37. The maximum absolute atomic E-state index is 12.9. The average Bonchev–Trinajstić information content (AvgIpc) is 3.02. The summed E-state index contributed by atoms with van der Waals surface area (Å²) in [7, 11) is 0. The number of amides is 1. The number of halogens is 1. The summed E-state index contributed by atoms with van der Waals surface area (Å²) in [5.74, 6) is 0.0242. The van der Waals surface area contributed by atoms with E-state index in [0.29, 0.717) is 0 Å². The fraction of sp³-hybridized carbons (Fsp3) is 0.533. The van der Waals surface area contributed by atoms with Crippen LogP contribution in [0.4, 0.5) is 10.1 Å². The molecule has 1 atom stereocenters. The van der Waals surface area contributed by atoms with Gasteiger partial charge in [0.05, 0.1) is 6.04 Å². The molecule has 0 saturated carbocycles. The van der Waals surface area contributed by atoms with E-state index in [-0.39, 0.29) is 17.8 Å². The van der Waals surface area contributed by atoms with Crippen molar-refractivity contribution in [2.75, 3.05) is 37.6 Å². The summed E-state index contributed by atoms with van der Waals surface area (Å²) in [6, 6.07) is 6.58. The Hall–Kier alpha value is -1.62. The maximum Gasteiger partial charge on any atom is 0.239 e. The highest BCUT2D eigenvalue weighted by molar-refractivity contribution is 5.82. The minimum absolute atomic E-state index is 0.0207. The van der Waals surface area contributed by atoms with Gasteiger partial charge in [0.15, 0.2) is 0 Å². The second-order valence-electron chi connectivity index (χ2n) is 5.44. The van der Waals surface area contributed by atoms with Gasteiger partial charge in [0, 0.05) is 31.9 Å². The molecular weight excluding hydrogens is 257 g/mol. The predicted molar refractivity (Wildman–Crippen MR) is 76.2 cm³/mol. The van der Waals surface area contributed by atoms with Crippen LogP contribution >= 0.6 is 0 Å². The van der Waals surface area contributed by atoms with Crippen LogP contribution in [-0.2, 0) is 4.79 Å². The molecule has 4 nitrogen and oxygen atoms in total. The van der Waals surface area contributed by atoms with E-state index in [1.807, 2.05) is 4.90 Å². The number of benzene rings is 1. The van der Waals surface area contributed by atoms with Gasteiger partial charge >= 0.3 is 0 Å². The van der Waals surface area contributed by atoms with Crippen molar-refractivity contribution in [3.8, 4) is 0 Å². The van der Waals surface area contributed by atoms with Gasteiger partial charge in [0.2, 0.25) is 5.91 Å². The van der Waals surface area contributed by atoms with Crippen molar-refractivity contribution in [1.82, 2.24) is 10.2 Å². The quantitative estimate of drug-likeness (QED) is 0.883. The van der Waals surface area contributed by atoms with Crippen molar-refractivity contribution in [2.45, 2.75) is 18.9 Å². The first kappa shape index (κ1) is 13.4. The van der Waals surface area contributed by atoms with Gasteiger partial charge in [0.1, 0.15) is 5.82 Å². The molecule has 108 valence electrons. The zero-order valence-electron chi connectivity index (χ0n) is 11.5. The number of carbonyl (C=O) groups excluding carboxylic acids is 1. The summed E-state index contributed by atoms with van der Waals surface area (Å²) in [5, 5.41) is 3.26. The van der Waals surface area contributed by atoms with Crippen LogP contribution in [0, 0.1) is 5.82 Å². The minimum Gasteiger partial charge on any atom is -0.368 e. The van der Waals surface area contributed by atoms with Gasteiger partial charge in [-0.15, -0.1) is 0 Å². The van der Waals surface area contributed by atoms with Crippen LogP contribution in [0.1, 0.15) is 12.8 Å². The molecule has 0 aliphatic carbocycles. The van der Waals surface area contributed by atoms with Crippen molar-refractivity contribution in [3.63, 3.8) is 0 Å². The minimum atomic E-state index is -0.213. The molecule has 2 heterocycles. The maximum atomic E-state index is 12.9. The number of anilines is 1. The van der Waals surface area contributed by atoms with Crippen LogP contribution in [0.2, 0.25) is 0 Å². The first-order valence-corrected chi connectivity index (χ1v) is 7.27. The molecule has 1 aromatic rings. The number of hydrogen-bond acceptors (Lipinski definition) is 3. The summed E-state index contributed by atoms with van der Waals surface area (Å²) in [5.41, 5.74) is 1.03. The summed E-state index contributed by atoms with van der Waals surface area (Å²) >= 11 is 0. The first-order chi connectivity index (χ1) is 9.74. The molecule has 0 spiro atoms. The third-order valence-electron chi connectivity index (χ3n) is 4.14. The predicted octanol–water partition coefficient (Wildman–Crippen LogP) is 1.23. The van der Waals surface area contributed by atoms with E-state index in [9.17, 15) is 9.18 Å². The number of rotatable bonds is 2. The van der Waals surface area contributed by atoms with Crippen molar-refractivity contribution < 1.29 is 9.18 Å². The topological polar surface area (TPSA) is 35.6 Å². The molecule has 3 rings (SSSR count). The van der Waals surface area contributed by atoms with Crippen LogP contribution in [-0.4, -0.2) is 49.6 Å². The van der Waals surface area contributed by atoms with E-state index in [2.05, 4.69) is 10.2 Å². The number of piperazine rings is 1. The Balaban J connectivity index is 1.56. The van der Waals surface area contributed by atoms with E-state index in [4.69, 9.17) is 0 Å². The largest absolute Gasteiger partial charge is 0.368 e. The number of hydrogen-bond donors (Lipinski definition) is 1. The molecule has 5 heteroatoms. The lowest BCUT2D eigenvalue weighted by molar-refractivity contribution is -0.133. The van der Waals surface area contributed by atoms with Gasteiger partial charge in [-0.2, -0.15) is 0 Å². The molecule has 0 bridgehead atoms. The van der Waals surface area contributed by atoms with Crippen molar-refractivity contribution in [2.24, 2.45) is 0 Å². The van der Waals surface area contributed by atoms with Gasteiger partial charge in [-0.3, -0.25) is 4.79 Å². The molecule has 0 radical (unpaired) electrons. The molecule has 2 aliphatic rings. The normalized spacial score (nSPS) is 23.1. The van der Waals surface area contributed by atoms with Crippen LogP contribution in [0.15, 0.2) is 24.3 Å².